The van der Waals surface area contributed by atoms with Gasteiger partial charge in [0.2, 0.25) is 5.91 Å². The van der Waals surface area contributed by atoms with E-state index in [1.54, 1.807) is 33.0 Å². The molecule has 0 fully saturated rings. The molecule has 1 heterocycles. The standard InChI is InChI=1S/C24H31N3O4/c1-15-12-20(30-6)21(31-7)13-17(15)14-26(5)16(2)22(28)27-19-11-9-8-10-18(19)25-23(29)24(27,3)4/h8-13,16H,14H2,1-7H3,(H,25,29)/p+1/t16-/m0/s1. The molecule has 0 radical (unpaired) electrons. The highest BCUT2D eigenvalue weighted by molar-refractivity contribution is 6.14. The zero-order valence-corrected chi connectivity index (χ0v) is 19.3. The lowest BCUT2D eigenvalue weighted by molar-refractivity contribution is -0.908. The lowest BCUT2D eigenvalue weighted by Gasteiger charge is -2.43. The zero-order valence-electron chi connectivity index (χ0n) is 19.3. The van der Waals surface area contributed by atoms with Gasteiger partial charge in [-0.2, -0.15) is 0 Å². The second-order valence-corrected chi connectivity index (χ2v) is 8.58. The Morgan fingerprint density at radius 3 is 2.42 bits per heavy atom. The van der Waals surface area contributed by atoms with Gasteiger partial charge in [0.05, 0.1) is 32.6 Å². The van der Waals surface area contributed by atoms with Gasteiger partial charge in [-0.1, -0.05) is 12.1 Å². The zero-order chi connectivity index (χ0) is 22.9. The number of hydrogen-bond acceptors (Lipinski definition) is 4. The fourth-order valence-electron chi connectivity index (χ4n) is 3.92. The van der Waals surface area contributed by atoms with Crippen molar-refractivity contribution >= 4 is 23.2 Å². The number of carbonyl (C=O) groups is 2. The number of ether oxygens (including phenoxy) is 2. The maximum atomic E-state index is 13.6. The van der Waals surface area contributed by atoms with Crippen LogP contribution in [-0.4, -0.2) is 44.7 Å². The van der Waals surface area contributed by atoms with Crippen LogP contribution in [0.5, 0.6) is 11.5 Å². The molecule has 7 heteroatoms. The highest BCUT2D eigenvalue weighted by atomic mass is 16.5. The molecule has 1 unspecified atom stereocenters. The summed E-state index contributed by atoms with van der Waals surface area (Å²) >= 11 is 0. The number of methoxy groups -OCH3 is 2. The predicted octanol–water partition coefficient (Wildman–Crippen LogP) is 2.18. The topological polar surface area (TPSA) is 72.3 Å². The fraction of sp³-hybridized carbons (Fsp3) is 0.417. The molecule has 2 atom stereocenters. The second-order valence-electron chi connectivity index (χ2n) is 8.58. The number of likely N-dealkylation sites (N-methyl/N-ethyl adjacent to an activating group) is 1. The molecule has 2 amide bonds. The Kier molecular flexibility index (Phi) is 6.27. The summed E-state index contributed by atoms with van der Waals surface area (Å²) in [5, 5.41) is 2.91. The SMILES string of the molecule is COc1cc(C)c(C[NH+](C)[C@@H](C)C(=O)N2c3ccccc3NC(=O)C2(C)C)cc1OC. The maximum Gasteiger partial charge on any atom is 0.285 e. The van der Waals surface area contributed by atoms with Crippen molar-refractivity contribution in [1.82, 2.24) is 0 Å². The Bertz CT molecular complexity index is 1000. The molecule has 166 valence electrons. The number of carbonyl (C=O) groups excluding carboxylic acids is 2. The minimum Gasteiger partial charge on any atom is -0.493 e. The van der Waals surface area contributed by atoms with E-state index in [-0.39, 0.29) is 17.9 Å². The smallest absolute Gasteiger partial charge is 0.285 e. The highest BCUT2D eigenvalue weighted by Crippen LogP contribution is 2.37. The van der Waals surface area contributed by atoms with Crippen LogP contribution in [0.15, 0.2) is 36.4 Å². The first-order chi connectivity index (χ1) is 14.6. The molecule has 0 spiro atoms. The van der Waals surface area contributed by atoms with Gasteiger partial charge in [0.15, 0.2) is 17.5 Å². The molecule has 2 aromatic carbocycles. The number of quaternary nitrogens is 1. The molecule has 0 aromatic heterocycles. The van der Waals surface area contributed by atoms with E-state index in [1.807, 2.05) is 57.3 Å². The van der Waals surface area contributed by atoms with E-state index in [0.29, 0.717) is 23.7 Å². The average Bonchev–Trinajstić information content (AvgIpc) is 2.74. The van der Waals surface area contributed by atoms with Gasteiger partial charge in [0.1, 0.15) is 12.1 Å². The van der Waals surface area contributed by atoms with E-state index < -0.39 is 5.54 Å². The van der Waals surface area contributed by atoms with Crippen molar-refractivity contribution in [3.8, 4) is 11.5 Å². The van der Waals surface area contributed by atoms with Crippen LogP contribution < -0.4 is 24.6 Å². The van der Waals surface area contributed by atoms with Crippen molar-refractivity contribution in [2.75, 3.05) is 31.5 Å². The van der Waals surface area contributed by atoms with Gasteiger partial charge in [-0.15, -0.1) is 0 Å². The van der Waals surface area contributed by atoms with Crippen LogP contribution in [0.2, 0.25) is 0 Å². The monoisotopic (exact) mass is 426 g/mol. The lowest BCUT2D eigenvalue weighted by Crippen LogP contribution is -3.13. The first-order valence-electron chi connectivity index (χ1n) is 10.4. The average molecular weight is 427 g/mol. The van der Waals surface area contributed by atoms with Gasteiger partial charge in [-0.25, -0.2) is 0 Å². The molecule has 0 saturated heterocycles. The van der Waals surface area contributed by atoms with E-state index in [2.05, 4.69) is 5.32 Å². The molecule has 0 aliphatic carbocycles. The number of hydrogen-bond donors (Lipinski definition) is 2. The Morgan fingerprint density at radius 2 is 1.77 bits per heavy atom. The molecule has 1 aliphatic heterocycles. The Labute approximate surface area is 183 Å². The number of nitrogens with zero attached hydrogens (tertiary/aromatic N) is 1. The van der Waals surface area contributed by atoms with Crippen LogP contribution in [0, 0.1) is 6.92 Å². The number of nitrogens with one attached hydrogen (secondary N) is 2. The van der Waals surface area contributed by atoms with Gasteiger partial charge in [0, 0.05) is 5.56 Å². The molecule has 2 aromatic rings. The summed E-state index contributed by atoms with van der Waals surface area (Å²) in [7, 11) is 5.21. The van der Waals surface area contributed by atoms with Gasteiger partial charge in [0.25, 0.3) is 5.91 Å². The second kappa shape index (κ2) is 8.59. The maximum absolute atomic E-state index is 13.6. The van der Waals surface area contributed by atoms with Crippen LogP contribution in [0.3, 0.4) is 0 Å². The number of rotatable bonds is 6. The minimum absolute atomic E-state index is 0.0945. The quantitative estimate of drug-likeness (QED) is 0.743. The molecule has 2 N–H and O–H groups in total. The normalized spacial score (nSPS) is 16.7. The third-order valence-corrected chi connectivity index (χ3v) is 6.15. The fourth-order valence-corrected chi connectivity index (χ4v) is 3.92. The Morgan fingerprint density at radius 1 is 1.16 bits per heavy atom. The summed E-state index contributed by atoms with van der Waals surface area (Å²) in [4.78, 5) is 29.0. The van der Waals surface area contributed by atoms with Crippen molar-refractivity contribution in [1.29, 1.82) is 0 Å². The number of aryl methyl sites for hydroxylation is 1. The van der Waals surface area contributed by atoms with Crippen molar-refractivity contribution in [3.63, 3.8) is 0 Å². The van der Waals surface area contributed by atoms with Crippen molar-refractivity contribution in [2.45, 2.75) is 45.8 Å². The van der Waals surface area contributed by atoms with E-state index >= 15 is 0 Å². The van der Waals surface area contributed by atoms with Crippen LogP contribution in [0.25, 0.3) is 0 Å². The first kappa shape index (κ1) is 22.6. The van der Waals surface area contributed by atoms with E-state index in [1.165, 1.54) is 0 Å². The van der Waals surface area contributed by atoms with E-state index in [0.717, 1.165) is 21.7 Å². The number of anilines is 2. The predicted molar refractivity (Wildman–Crippen MR) is 121 cm³/mol. The summed E-state index contributed by atoms with van der Waals surface area (Å²) in [6.45, 7) is 8.10. The number of fused-ring (bicyclic) bond motifs is 1. The van der Waals surface area contributed by atoms with E-state index in [9.17, 15) is 9.59 Å². The summed E-state index contributed by atoms with van der Waals surface area (Å²) in [5.41, 5.74) is 2.53. The van der Waals surface area contributed by atoms with Crippen molar-refractivity contribution < 1.29 is 24.0 Å². The van der Waals surface area contributed by atoms with Crippen LogP contribution >= 0.6 is 0 Å². The van der Waals surface area contributed by atoms with Gasteiger partial charge >= 0.3 is 0 Å². The summed E-state index contributed by atoms with van der Waals surface area (Å²) in [5.74, 6) is 1.06. The molecule has 1 aliphatic rings. The third kappa shape index (κ3) is 4.10. The van der Waals surface area contributed by atoms with Crippen LogP contribution in [0.1, 0.15) is 31.9 Å². The lowest BCUT2D eigenvalue weighted by atomic mass is 9.95. The Hall–Kier alpha value is -3.06. The molecular formula is C24H32N3O4+. The molecule has 31 heavy (non-hydrogen) atoms. The van der Waals surface area contributed by atoms with E-state index in [4.69, 9.17) is 9.47 Å². The van der Waals surface area contributed by atoms with Gasteiger partial charge in [-0.05, 0) is 57.5 Å². The van der Waals surface area contributed by atoms with Gasteiger partial charge < -0.3 is 19.7 Å². The Balaban J connectivity index is 1.88. The highest BCUT2D eigenvalue weighted by Gasteiger charge is 2.46. The molecule has 0 bridgehead atoms. The minimum atomic E-state index is -0.987. The summed E-state index contributed by atoms with van der Waals surface area (Å²) in [6, 6.07) is 10.9. The number of amides is 2. The number of para-hydroxylation sites is 2. The summed E-state index contributed by atoms with van der Waals surface area (Å²) in [6.07, 6.45) is 0. The van der Waals surface area contributed by atoms with Gasteiger partial charge in [-0.3, -0.25) is 14.5 Å². The van der Waals surface area contributed by atoms with Crippen LogP contribution in [0.4, 0.5) is 11.4 Å². The first-order valence-corrected chi connectivity index (χ1v) is 10.4. The molecule has 7 nitrogen and oxygen atoms in total. The summed E-state index contributed by atoms with van der Waals surface area (Å²) < 4.78 is 10.8. The molecule has 3 rings (SSSR count). The number of benzene rings is 2. The molecule has 0 saturated carbocycles. The molecular weight excluding hydrogens is 394 g/mol. The van der Waals surface area contributed by atoms with Crippen molar-refractivity contribution in [2.24, 2.45) is 0 Å². The third-order valence-electron chi connectivity index (χ3n) is 6.15. The largest absolute Gasteiger partial charge is 0.493 e. The van der Waals surface area contributed by atoms with Crippen molar-refractivity contribution in [3.05, 3.63) is 47.5 Å². The van der Waals surface area contributed by atoms with Crippen LogP contribution in [-0.2, 0) is 16.1 Å².